The summed E-state index contributed by atoms with van der Waals surface area (Å²) < 4.78 is 0. The van der Waals surface area contributed by atoms with Crippen LogP contribution in [0.4, 0.5) is 0 Å². The van der Waals surface area contributed by atoms with Crippen LogP contribution in [0.2, 0.25) is 0 Å². The number of likely N-dealkylation sites (tertiary alicyclic amines) is 1. The van der Waals surface area contributed by atoms with E-state index in [2.05, 4.69) is 67.8 Å². The Balaban J connectivity index is 3.13. The van der Waals surface area contributed by atoms with Gasteiger partial charge in [0.25, 0.3) is 0 Å². The van der Waals surface area contributed by atoms with Crippen LogP contribution in [0.3, 0.4) is 0 Å². The number of nitrogens with zero attached hydrogens (tertiary/aromatic N) is 1. The SMILES string of the molecule is CC[C@H](C)[C@H](NC(=O)CNC(=O)[C@H](CC(C)C)NC(=O)[C@@H](NC(=O)CN)[C@@H](C)O)C(=O)N[C@H](C(=O)N[C@@H](CS)C(=O)N1CCC[C@H]1C(=O)N[C@H](C(=O)N[C@@H](CS)C(=O)O)[C@@H](C)CC)C(C)C. The molecule has 11 atom stereocenters. The molecule has 1 aliphatic heterocycles. The van der Waals surface area contributed by atoms with Gasteiger partial charge in [-0.1, -0.05) is 68.2 Å². The van der Waals surface area contributed by atoms with Crippen molar-refractivity contribution >= 4 is 84.4 Å². The predicted octanol–water partition coefficient (Wildman–Crippen LogP) is -2.43. The van der Waals surface area contributed by atoms with Crippen molar-refractivity contribution in [3.63, 3.8) is 0 Å². The number of nitrogens with one attached hydrogen (secondary N) is 8. The van der Waals surface area contributed by atoms with Crippen LogP contribution in [-0.2, 0) is 47.9 Å². The minimum atomic E-state index is -1.41. The molecule has 0 aliphatic carbocycles. The van der Waals surface area contributed by atoms with Crippen LogP contribution in [-0.4, -0.2) is 160 Å². The molecule has 24 heteroatoms. The number of aliphatic hydroxyl groups excluding tert-OH is 1. The van der Waals surface area contributed by atoms with Gasteiger partial charge < -0.3 is 63.4 Å². The lowest BCUT2D eigenvalue weighted by atomic mass is 9.96. The molecular formula is C42H74N10O12S2. The number of aliphatic hydroxyl groups is 1. The van der Waals surface area contributed by atoms with E-state index in [1.54, 1.807) is 55.4 Å². The summed E-state index contributed by atoms with van der Waals surface area (Å²) in [6, 6.07) is -9.63. The Hall–Kier alpha value is -4.68. The van der Waals surface area contributed by atoms with Crippen molar-refractivity contribution < 1.29 is 58.2 Å². The molecule has 0 saturated carbocycles. The number of carbonyl (C=O) groups is 10. The maximum absolute atomic E-state index is 13.9. The third-order valence-corrected chi connectivity index (χ3v) is 12.0. The molecule has 0 radical (unpaired) electrons. The van der Waals surface area contributed by atoms with Gasteiger partial charge in [-0.05, 0) is 49.9 Å². The first-order valence-corrected chi connectivity index (χ1v) is 23.7. The summed E-state index contributed by atoms with van der Waals surface area (Å²) in [5.41, 5.74) is 5.32. The first-order valence-electron chi connectivity index (χ1n) is 22.4. The van der Waals surface area contributed by atoms with Gasteiger partial charge in [-0.2, -0.15) is 25.3 Å². The number of thiol groups is 2. The van der Waals surface area contributed by atoms with E-state index in [1.165, 1.54) is 11.8 Å². The van der Waals surface area contributed by atoms with Crippen LogP contribution in [0, 0.1) is 23.7 Å². The van der Waals surface area contributed by atoms with Crippen molar-refractivity contribution in [3.05, 3.63) is 0 Å². The van der Waals surface area contributed by atoms with E-state index in [0.29, 0.717) is 19.3 Å². The molecule has 22 nitrogen and oxygen atoms in total. The van der Waals surface area contributed by atoms with Crippen molar-refractivity contribution in [2.45, 2.75) is 149 Å². The quantitative estimate of drug-likeness (QED) is 0.0363. The second-order valence-corrected chi connectivity index (χ2v) is 18.2. The van der Waals surface area contributed by atoms with Crippen LogP contribution in [0.5, 0.6) is 0 Å². The van der Waals surface area contributed by atoms with E-state index >= 15 is 0 Å². The highest BCUT2D eigenvalue weighted by Crippen LogP contribution is 2.21. The molecular weight excluding hydrogens is 901 g/mol. The van der Waals surface area contributed by atoms with Gasteiger partial charge in [-0.3, -0.25) is 43.2 Å². The van der Waals surface area contributed by atoms with E-state index < -0.39 is 144 Å². The highest BCUT2D eigenvalue weighted by Gasteiger charge is 2.41. The van der Waals surface area contributed by atoms with Gasteiger partial charge in [0.1, 0.15) is 48.3 Å². The lowest BCUT2D eigenvalue weighted by molar-refractivity contribution is -0.143. The molecule has 0 aromatic heterocycles. The van der Waals surface area contributed by atoms with Crippen LogP contribution >= 0.6 is 25.3 Å². The first-order chi connectivity index (χ1) is 30.9. The normalized spacial score (nSPS) is 18.2. The number of aliphatic carboxylic acids is 1. The van der Waals surface area contributed by atoms with Crippen LogP contribution in [0.25, 0.3) is 0 Å². The highest BCUT2D eigenvalue weighted by atomic mass is 32.1. The third kappa shape index (κ3) is 18.5. The molecule has 0 bridgehead atoms. The average molecular weight is 975 g/mol. The molecule has 0 aromatic carbocycles. The lowest BCUT2D eigenvalue weighted by Crippen LogP contribution is -2.61. The molecule has 1 saturated heterocycles. The zero-order valence-electron chi connectivity index (χ0n) is 39.5. The minimum Gasteiger partial charge on any atom is -0.480 e. The van der Waals surface area contributed by atoms with Crippen molar-refractivity contribution in [3.8, 4) is 0 Å². The van der Waals surface area contributed by atoms with Crippen molar-refractivity contribution in [2.24, 2.45) is 29.4 Å². The Morgan fingerprint density at radius 2 is 1.12 bits per heavy atom. The Bertz CT molecular complexity index is 1710. The fraction of sp³-hybridized carbons (Fsp3) is 0.762. The fourth-order valence-electron chi connectivity index (χ4n) is 6.95. The van der Waals surface area contributed by atoms with E-state index in [9.17, 15) is 58.2 Å². The standard InChI is InChI=1S/C42H74N10O12S2/c1-10-22(7)32(49-30(55)17-44-35(56)25(15-20(3)4)45-40(61)34(24(9)53)48-29(54)16-43)39(60)50-31(21(5)6)37(58)46-26(18-65)41(62)52-14-12-13-28(52)36(57)51-33(23(8)11-2)38(59)47-27(19-66)42(63)64/h20-28,31-34,53,65-66H,10-19,43H2,1-9H3,(H,44,56)(H,45,61)(H,46,58)(H,47,59)(H,48,54)(H,49,55)(H,50,60)(H,51,57)(H,63,64)/t22-,23-,24+,25-,26-,27-,28-,31-,32-,33-,34-/m0/s1. The number of carboxylic acids is 1. The van der Waals surface area contributed by atoms with E-state index in [4.69, 9.17) is 5.73 Å². The van der Waals surface area contributed by atoms with Gasteiger partial charge in [-0.25, -0.2) is 4.79 Å². The number of hydrogen-bond acceptors (Lipinski definition) is 14. The molecule has 0 unspecified atom stereocenters. The van der Waals surface area contributed by atoms with Crippen LogP contribution < -0.4 is 48.3 Å². The second kappa shape index (κ2) is 29.2. The van der Waals surface area contributed by atoms with Crippen LogP contribution in [0.15, 0.2) is 0 Å². The second-order valence-electron chi connectivity index (χ2n) is 17.4. The zero-order chi connectivity index (χ0) is 50.6. The Morgan fingerprint density at radius 3 is 1.61 bits per heavy atom. The van der Waals surface area contributed by atoms with Crippen molar-refractivity contribution in [1.29, 1.82) is 0 Å². The molecule has 66 heavy (non-hydrogen) atoms. The fourth-order valence-corrected chi connectivity index (χ4v) is 7.44. The first kappa shape index (κ1) is 59.3. The summed E-state index contributed by atoms with van der Waals surface area (Å²) >= 11 is 8.30. The largest absolute Gasteiger partial charge is 0.480 e. The van der Waals surface area contributed by atoms with Gasteiger partial charge in [-0.15, -0.1) is 0 Å². The van der Waals surface area contributed by atoms with Gasteiger partial charge >= 0.3 is 5.97 Å². The smallest absolute Gasteiger partial charge is 0.327 e. The Morgan fingerprint density at radius 1 is 0.636 bits per heavy atom. The Labute approximate surface area is 398 Å². The molecule has 12 N–H and O–H groups in total. The van der Waals surface area contributed by atoms with Gasteiger partial charge in [0.2, 0.25) is 53.2 Å². The summed E-state index contributed by atoms with van der Waals surface area (Å²) in [6.45, 7) is 14.3. The zero-order valence-corrected chi connectivity index (χ0v) is 41.3. The molecule has 1 aliphatic rings. The number of carbonyl (C=O) groups excluding carboxylic acids is 9. The third-order valence-electron chi connectivity index (χ3n) is 11.3. The monoisotopic (exact) mass is 974 g/mol. The van der Waals surface area contributed by atoms with Crippen LogP contribution in [0.1, 0.15) is 94.4 Å². The summed E-state index contributed by atoms with van der Waals surface area (Å²) in [7, 11) is 0. The van der Waals surface area contributed by atoms with E-state index in [1.807, 2.05) is 0 Å². The average Bonchev–Trinajstić information content (AvgIpc) is 3.77. The number of nitrogens with two attached hydrogens (primary N) is 1. The molecule has 1 heterocycles. The summed E-state index contributed by atoms with van der Waals surface area (Å²) in [4.78, 5) is 133. The van der Waals surface area contributed by atoms with E-state index in [0.717, 1.165) is 0 Å². The Kier molecular flexibility index (Phi) is 26.2. The molecule has 9 amide bonds. The van der Waals surface area contributed by atoms with Gasteiger partial charge in [0, 0.05) is 18.1 Å². The number of carboxylic acid groups (broad SMARTS) is 1. The molecule has 376 valence electrons. The summed E-state index contributed by atoms with van der Waals surface area (Å²) in [6.07, 6.45) is 0.372. The van der Waals surface area contributed by atoms with Gasteiger partial charge in [0.15, 0.2) is 0 Å². The molecule has 1 fully saturated rings. The predicted molar refractivity (Wildman–Crippen MR) is 251 cm³/mol. The van der Waals surface area contributed by atoms with Crippen molar-refractivity contribution in [1.82, 2.24) is 47.4 Å². The molecule has 0 spiro atoms. The maximum Gasteiger partial charge on any atom is 0.327 e. The highest BCUT2D eigenvalue weighted by molar-refractivity contribution is 7.80. The van der Waals surface area contributed by atoms with E-state index in [-0.39, 0.29) is 36.8 Å². The molecule has 1 rings (SSSR count). The minimum absolute atomic E-state index is 0.109. The number of amides is 9. The summed E-state index contributed by atoms with van der Waals surface area (Å²) in [5, 5.41) is 39.8. The molecule has 0 aromatic rings. The van der Waals surface area contributed by atoms with Gasteiger partial charge in [0.05, 0.1) is 19.2 Å². The van der Waals surface area contributed by atoms with Crippen molar-refractivity contribution in [2.75, 3.05) is 31.1 Å². The lowest BCUT2D eigenvalue weighted by Gasteiger charge is -2.32. The number of hydrogen-bond donors (Lipinski definition) is 13. The topological polar surface area (TPSA) is 337 Å². The summed E-state index contributed by atoms with van der Waals surface area (Å²) in [5.74, 6) is -9.64. The maximum atomic E-state index is 13.9. The number of rotatable bonds is 28.